The lowest BCUT2D eigenvalue weighted by Crippen LogP contribution is -2.61. The van der Waals surface area contributed by atoms with Crippen LogP contribution in [0.5, 0.6) is 0 Å². The summed E-state index contributed by atoms with van der Waals surface area (Å²) in [5.74, 6) is -0.731. The number of hydrogen-bond acceptors (Lipinski definition) is 10. The number of rotatable bonds is 7. The van der Waals surface area contributed by atoms with E-state index in [1.165, 1.54) is 32.3 Å². The molecule has 0 bridgehead atoms. The molecule has 0 aliphatic carbocycles. The fourth-order valence-corrected chi connectivity index (χ4v) is 8.62. The molecule has 14 nitrogen and oxygen atoms in total. The van der Waals surface area contributed by atoms with Gasteiger partial charge in [-0.3, -0.25) is 24.0 Å². The molecule has 1 saturated heterocycles. The molecule has 270 valence electrons. The maximum atomic E-state index is 13.7. The predicted octanol–water partition coefficient (Wildman–Crippen LogP) is 4.20. The molecule has 49 heavy (non-hydrogen) atoms. The molecule has 3 amide bonds. The monoisotopic (exact) mass is 736 g/mol. The SMILES string of the molecule is Cc1cn([C@@H]2OC(O[Si](C)(C)C(C)(C)C)C3(OS(=O)(=O)C=C3NC(=O)NC(=O)c3ccccc3)C2O[Si](C)(C)C(C)(C)C)c(=O)n(C)c1=O. The van der Waals surface area contributed by atoms with Gasteiger partial charge in [0.05, 0.1) is 11.1 Å². The molecule has 17 heteroatoms. The lowest BCUT2D eigenvalue weighted by Gasteiger charge is -2.45. The van der Waals surface area contributed by atoms with E-state index < -0.39 is 84.2 Å². The molecule has 3 heterocycles. The Morgan fingerprint density at radius 2 is 1.49 bits per heavy atom. The maximum Gasteiger partial charge on any atom is 0.332 e. The molecule has 2 aliphatic rings. The first-order valence-electron chi connectivity index (χ1n) is 15.9. The third-order valence-corrected chi connectivity index (χ3v) is 19.8. The number of nitrogens with zero attached hydrogens (tertiary/aromatic N) is 2. The average Bonchev–Trinajstić information content (AvgIpc) is 3.39. The van der Waals surface area contributed by atoms with Gasteiger partial charge in [-0.25, -0.2) is 13.8 Å². The van der Waals surface area contributed by atoms with Crippen LogP contribution in [0.2, 0.25) is 36.3 Å². The molecule has 0 saturated carbocycles. The highest BCUT2D eigenvalue weighted by molar-refractivity contribution is 7.90. The van der Waals surface area contributed by atoms with Crippen molar-refractivity contribution in [2.24, 2.45) is 7.05 Å². The summed E-state index contributed by atoms with van der Waals surface area (Å²) in [6.45, 7) is 21.1. The predicted molar refractivity (Wildman–Crippen MR) is 188 cm³/mol. The number of benzene rings is 1. The Bertz CT molecular complexity index is 1890. The summed E-state index contributed by atoms with van der Waals surface area (Å²) in [5.41, 5.74) is -3.38. The Hall–Kier alpha value is -3.20. The second kappa shape index (κ2) is 12.8. The second-order valence-electron chi connectivity index (χ2n) is 15.6. The third kappa shape index (κ3) is 7.33. The maximum absolute atomic E-state index is 13.7. The van der Waals surface area contributed by atoms with Crippen molar-refractivity contribution < 1.29 is 35.8 Å². The number of imide groups is 1. The van der Waals surface area contributed by atoms with E-state index in [2.05, 4.69) is 10.6 Å². The summed E-state index contributed by atoms with van der Waals surface area (Å²) in [7, 11) is -8.96. The summed E-state index contributed by atoms with van der Waals surface area (Å²) in [4.78, 5) is 52.8. The fraction of sp³-hybridized carbons (Fsp3) is 0.562. The standard InChI is InChI=1S/C32H48N4O10SSi2/c1-20-18-36(29(40)35(8)25(20)38)26-23(44-48(9,10)30(2,3)4)32(27(43-26)45-49(11,12)31(5,6)7)22(19-47(41,42)46-32)33-28(39)34-24(37)21-16-14-13-15-17-21/h13-19,23,26-27H,1-12H3,(H2,33,34,37,39)/t23?,26-,27?,32?/m1/s1. The van der Waals surface area contributed by atoms with E-state index in [9.17, 15) is 27.6 Å². The molecule has 0 radical (unpaired) electrons. The van der Waals surface area contributed by atoms with Gasteiger partial charge in [-0.15, -0.1) is 0 Å². The Balaban J connectivity index is 1.97. The molecule has 4 atom stereocenters. The van der Waals surface area contributed by atoms with Gasteiger partial charge in [0.1, 0.15) is 6.10 Å². The normalized spacial score (nSPS) is 24.2. The minimum atomic E-state index is -4.54. The third-order valence-electron chi connectivity index (χ3n) is 9.94. The zero-order valence-corrected chi connectivity index (χ0v) is 33.0. The zero-order valence-electron chi connectivity index (χ0n) is 30.2. The number of carbonyl (C=O) groups is 2. The van der Waals surface area contributed by atoms with E-state index in [4.69, 9.17) is 17.8 Å². The Kier molecular flexibility index (Phi) is 10.1. The van der Waals surface area contributed by atoms with E-state index in [0.717, 1.165) is 14.5 Å². The number of nitrogens with one attached hydrogen (secondary N) is 2. The molecule has 1 fully saturated rings. The smallest absolute Gasteiger partial charge is 0.332 e. The minimum absolute atomic E-state index is 0.198. The molecule has 2 N–H and O–H groups in total. The first-order valence-corrected chi connectivity index (χ1v) is 23.2. The van der Waals surface area contributed by atoms with Crippen LogP contribution >= 0.6 is 0 Å². The quantitative estimate of drug-likeness (QED) is 0.310. The molecular weight excluding hydrogens is 689 g/mol. The van der Waals surface area contributed by atoms with Gasteiger partial charge in [0.25, 0.3) is 21.6 Å². The van der Waals surface area contributed by atoms with Crippen LogP contribution in [0.1, 0.15) is 63.7 Å². The molecular formula is C32H48N4O10SSi2. The number of hydrogen-bond donors (Lipinski definition) is 2. The number of ether oxygens (including phenoxy) is 1. The highest BCUT2D eigenvalue weighted by Crippen LogP contribution is 2.54. The van der Waals surface area contributed by atoms with Gasteiger partial charge in [0.2, 0.25) is 5.60 Å². The van der Waals surface area contributed by atoms with Gasteiger partial charge in [0, 0.05) is 24.4 Å². The number of carbonyl (C=O) groups excluding carboxylic acids is 2. The van der Waals surface area contributed by atoms with Gasteiger partial charge in [-0.05, 0) is 55.3 Å². The number of aryl methyl sites for hydroxylation is 1. The van der Waals surface area contributed by atoms with Crippen molar-refractivity contribution in [3.8, 4) is 0 Å². The van der Waals surface area contributed by atoms with E-state index in [1.807, 2.05) is 67.7 Å². The summed E-state index contributed by atoms with van der Waals surface area (Å²) < 4.78 is 55.3. The van der Waals surface area contributed by atoms with Crippen molar-refractivity contribution in [1.29, 1.82) is 0 Å². The highest BCUT2D eigenvalue weighted by atomic mass is 32.2. The van der Waals surface area contributed by atoms with Crippen molar-refractivity contribution in [1.82, 2.24) is 19.8 Å². The number of urea groups is 1. The molecule has 1 aromatic carbocycles. The van der Waals surface area contributed by atoms with Gasteiger partial charge >= 0.3 is 11.7 Å². The van der Waals surface area contributed by atoms with Crippen molar-refractivity contribution in [2.75, 3.05) is 0 Å². The van der Waals surface area contributed by atoms with Crippen LogP contribution in [0.25, 0.3) is 0 Å². The number of aromatic nitrogens is 2. The lowest BCUT2D eigenvalue weighted by atomic mass is 9.93. The van der Waals surface area contributed by atoms with Crippen molar-refractivity contribution in [3.63, 3.8) is 0 Å². The first-order chi connectivity index (χ1) is 22.2. The zero-order chi connectivity index (χ0) is 37.1. The Labute approximate surface area is 289 Å². The summed E-state index contributed by atoms with van der Waals surface area (Å²) in [6, 6.07) is 6.96. The van der Waals surface area contributed by atoms with E-state index >= 15 is 0 Å². The van der Waals surface area contributed by atoms with Crippen LogP contribution < -0.4 is 21.9 Å². The van der Waals surface area contributed by atoms with E-state index in [0.29, 0.717) is 0 Å². The molecule has 2 aliphatic heterocycles. The van der Waals surface area contributed by atoms with Crippen molar-refractivity contribution in [3.05, 3.63) is 79.6 Å². The van der Waals surface area contributed by atoms with Crippen LogP contribution in [-0.2, 0) is 34.9 Å². The Morgan fingerprint density at radius 1 is 0.939 bits per heavy atom. The van der Waals surface area contributed by atoms with Gasteiger partial charge < -0.3 is 18.9 Å². The fourth-order valence-electron chi connectivity index (χ4n) is 4.99. The Morgan fingerprint density at radius 3 is 2.04 bits per heavy atom. The topological polar surface area (TPSA) is 173 Å². The van der Waals surface area contributed by atoms with E-state index in [1.54, 1.807) is 18.2 Å². The summed E-state index contributed by atoms with van der Waals surface area (Å²) in [6.07, 6.45) is -3.04. The van der Waals surface area contributed by atoms with Crippen LogP contribution in [-0.4, -0.2) is 64.1 Å². The van der Waals surface area contributed by atoms with Gasteiger partial charge in [-0.2, -0.15) is 8.42 Å². The van der Waals surface area contributed by atoms with Gasteiger partial charge in [0.15, 0.2) is 29.2 Å². The van der Waals surface area contributed by atoms with Crippen LogP contribution in [0, 0.1) is 6.92 Å². The average molecular weight is 737 g/mol. The number of amides is 3. The van der Waals surface area contributed by atoms with E-state index in [-0.39, 0.29) is 16.8 Å². The second-order valence-corrected chi connectivity index (χ2v) is 26.5. The molecule has 1 aromatic heterocycles. The molecule has 3 unspecified atom stereocenters. The molecule has 1 spiro atoms. The minimum Gasteiger partial charge on any atom is -0.406 e. The summed E-state index contributed by atoms with van der Waals surface area (Å²) >= 11 is 0. The first kappa shape index (κ1) is 38.6. The largest absolute Gasteiger partial charge is 0.406 e. The van der Waals surface area contributed by atoms with Gasteiger partial charge in [-0.1, -0.05) is 59.7 Å². The van der Waals surface area contributed by atoms with Crippen molar-refractivity contribution >= 4 is 38.7 Å². The van der Waals surface area contributed by atoms with Crippen LogP contribution in [0.4, 0.5) is 4.79 Å². The molecule has 2 aromatic rings. The highest BCUT2D eigenvalue weighted by Gasteiger charge is 2.69. The summed E-state index contributed by atoms with van der Waals surface area (Å²) in [5, 5.41) is 4.65. The van der Waals surface area contributed by atoms with Crippen LogP contribution in [0.15, 0.2) is 57.2 Å². The lowest BCUT2D eigenvalue weighted by molar-refractivity contribution is -0.147. The molecule has 4 rings (SSSR count). The van der Waals surface area contributed by atoms with Crippen LogP contribution in [0.3, 0.4) is 0 Å². The van der Waals surface area contributed by atoms with Crippen molar-refractivity contribution in [2.45, 2.75) is 109 Å².